The summed E-state index contributed by atoms with van der Waals surface area (Å²) >= 11 is 1.51. The maximum Gasteiger partial charge on any atom is 0.226 e. The van der Waals surface area contributed by atoms with E-state index in [-0.39, 0.29) is 24.0 Å². The molecule has 6 heteroatoms. The molecule has 5 nitrogen and oxygen atoms in total. The lowest BCUT2D eigenvalue weighted by Crippen LogP contribution is -2.41. The molecule has 0 fully saturated rings. The van der Waals surface area contributed by atoms with Gasteiger partial charge in [0.2, 0.25) is 5.91 Å². The standard InChI is InChI=1S/C24H26N2O3S/c1-16-8-10-18(11-9-16)28-14-23-25-17(15-30-23)12-22(27)26-20-13-24(2,3)29-21-7-5-4-6-19(20)21/h4-11,15,20H,12-14H2,1-3H3,(H,26,27). The van der Waals surface area contributed by atoms with E-state index in [0.29, 0.717) is 6.61 Å². The fourth-order valence-corrected chi connectivity index (χ4v) is 4.32. The summed E-state index contributed by atoms with van der Waals surface area (Å²) in [7, 11) is 0. The van der Waals surface area contributed by atoms with Gasteiger partial charge in [-0.1, -0.05) is 35.9 Å². The number of hydrogen-bond acceptors (Lipinski definition) is 5. The van der Waals surface area contributed by atoms with Crippen LogP contribution in [0.1, 0.15) is 48.1 Å². The van der Waals surface area contributed by atoms with E-state index >= 15 is 0 Å². The van der Waals surface area contributed by atoms with Gasteiger partial charge in [0.25, 0.3) is 0 Å². The summed E-state index contributed by atoms with van der Waals surface area (Å²) in [5.74, 6) is 1.61. The number of amides is 1. The van der Waals surface area contributed by atoms with Crippen molar-refractivity contribution in [1.29, 1.82) is 0 Å². The molecule has 1 aromatic heterocycles. The van der Waals surface area contributed by atoms with Gasteiger partial charge in [-0.05, 0) is 39.0 Å². The number of carbonyl (C=O) groups is 1. The van der Waals surface area contributed by atoms with Crippen LogP contribution in [-0.4, -0.2) is 16.5 Å². The van der Waals surface area contributed by atoms with Crippen LogP contribution in [0.2, 0.25) is 0 Å². The molecule has 0 saturated heterocycles. The monoisotopic (exact) mass is 422 g/mol. The van der Waals surface area contributed by atoms with Crippen molar-refractivity contribution in [3.05, 3.63) is 75.7 Å². The highest BCUT2D eigenvalue weighted by Crippen LogP contribution is 2.39. The highest BCUT2D eigenvalue weighted by atomic mass is 32.1. The third-order valence-electron chi connectivity index (χ3n) is 5.04. The van der Waals surface area contributed by atoms with E-state index in [1.807, 2.05) is 74.7 Å². The van der Waals surface area contributed by atoms with Crippen LogP contribution < -0.4 is 14.8 Å². The molecule has 3 aromatic rings. The van der Waals surface area contributed by atoms with Gasteiger partial charge < -0.3 is 14.8 Å². The summed E-state index contributed by atoms with van der Waals surface area (Å²) in [6.45, 7) is 6.53. The number of aromatic nitrogens is 1. The Morgan fingerprint density at radius 1 is 1.23 bits per heavy atom. The van der Waals surface area contributed by atoms with Crippen molar-refractivity contribution in [2.24, 2.45) is 0 Å². The minimum Gasteiger partial charge on any atom is -0.487 e. The number of aryl methyl sites for hydroxylation is 1. The van der Waals surface area contributed by atoms with Crippen molar-refractivity contribution in [1.82, 2.24) is 10.3 Å². The van der Waals surface area contributed by atoms with Crippen LogP contribution in [0, 0.1) is 6.92 Å². The Labute approximate surface area is 181 Å². The van der Waals surface area contributed by atoms with E-state index < -0.39 is 0 Å². The molecule has 1 N–H and O–H groups in total. The van der Waals surface area contributed by atoms with E-state index in [0.717, 1.165) is 34.2 Å². The van der Waals surface area contributed by atoms with E-state index in [1.165, 1.54) is 16.9 Å². The molecular weight excluding hydrogens is 396 g/mol. The van der Waals surface area contributed by atoms with Crippen molar-refractivity contribution >= 4 is 17.2 Å². The van der Waals surface area contributed by atoms with Gasteiger partial charge in [0, 0.05) is 17.4 Å². The topological polar surface area (TPSA) is 60.5 Å². The van der Waals surface area contributed by atoms with Crippen molar-refractivity contribution < 1.29 is 14.3 Å². The Balaban J connectivity index is 1.35. The average Bonchev–Trinajstić information content (AvgIpc) is 3.14. The summed E-state index contributed by atoms with van der Waals surface area (Å²) in [5.41, 5.74) is 2.66. The number of carbonyl (C=O) groups excluding carboxylic acids is 1. The number of fused-ring (bicyclic) bond motifs is 1. The van der Waals surface area contributed by atoms with Gasteiger partial charge in [-0.15, -0.1) is 11.3 Å². The van der Waals surface area contributed by atoms with Gasteiger partial charge in [-0.3, -0.25) is 4.79 Å². The molecule has 1 aliphatic rings. The van der Waals surface area contributed by atoms with Gasteiger partial charge in [-0.2, -0.15) is 0 Å². The number of benzene rings is 2. The molecule has 2 aromatic carbocycles. The number of ether oxygens (including phenoxy) is 2. The van der Waals surface area contributed by atoms with Crippen molar-refractivity contribution in [3.63, 3.8) is 0 Å². The predicted octanol–water partition coefficient (Wildman–Crippen LogP) is 4.99. The van der Waals surface area contributed by atoms with Crippen LogP contribution in [0.5, 0.6) is 11.5 Å². The maximum absolute atomic E-state index is 12.7. The van der Waals surface area contributed by atoms with Crippen LogP contribution in [0.25, 0.3) is 0 Å². The lowest BCUT2D eigenvalue weighted by molar-refractivity contribution is -0.121. The lowest BCUT2D eigenvalue weighted by Gasteiger charge is -2.37. The number of thiazole rings is 1. The fraction of sp³-hybridized carbons (Fsp3) is 0.333. The highest BCUT2D eigenvalue weighted by Gasteiger charge is 2.34. The largest absolute Gasteiger partial charge is 0.487 e. The molecular formula is C24H26N2O3S. The zero-order valence-corrected chi connectivity index (χ0v) is 18.3. The summed E-state index contributed by atoms with van der Waals surface area (Å²) in [6, 6.07) is 15.8. The minimum absolute atomic E-state index is 0.0381. The second-order valence-electron chi connectivity index (χ2n) is 8.23. The molecule has 0 aliphatic carbocycles. The van der Waals surface area contributed by atoms with Crippen LogP contribution in [0.3, 0.4) is 0 Å². The summed E-state index contributed by atoms with van der Waals surface area (Å²) in [4.78, 5) is 17.3. The van der Waals surface area contributed by atoms with E-state index in [9.17, 15) is 4.79 Å². The van der Waals surface area contributed by atoms with Crippen molar-refractivity contribution in [2.45, 2.75) is 51.9 Å². The molecule has 1 atom stereocenters. The Kier molecular flexibility index (Phi) is 5.77. The Morgan fingerprint density at radius 3 is 2.80 bits per heavy atom. The Morgan fingerprint density at radius 2 is 2.00 bits per heavy atom. The average molecular weight is 423 g/mol. The van der Waals surface area contributed by atoms with Crippen molar-refractivity contribution in [3.8, 4) is 11.5 Å². The molecule has 2 heterocycles. The van der Waals surface area contributed by atoms with Crippen molar-refractivity contribution in [2.75, 3.05) is 0 Å². The SMILES string of the molecule is Cc1ccc(OCc2nc(CC(=O)NC3CC(C)(C)Oc4ccccc43)cs2)cc1. The highest BCUT2D eigenvalue weighted by molar-refractivity contribution is 7.09. The van der Waals surface area contributed by atoms with Gasteiger partial charge in [-0.25, -0.2) is 4.98 Å². The maximum atomic E-state index is 12.7. The molecule has 0 saturated carbocycles. The van der Waals surface area contributed by atoms with Gasteiger partial charge in [0.05, 0.1) is 18.2 Å². The van der Waals surface area contributed by atoms with Gasteiger partial charge in [0.15, 0.2) is 0 Å². The molecule has 1 aliphatic heterocycles. The first kappa shape index (κ1) is 20.4. The second-order valence-corrected chi connectivity index (χ2v) is 9.18. The Bertz CT molecular complexity index is 1030. The molecule has 30 heavy (non-hydrogen) atoms. The van der Waals surface area contributed by atoms with Crippen LogP contribution >= 0.6 is 11.3 Å². The summed E-state index contributed by atoms with van der Waals surface area (Å²) in [6.07, 6.45) is 0.976. The van der Waals surface area contributed by atoms with E-state index in [2.05, 4.69) is 10.3 Å². The summed E-state index contributed by atoms with van der Waals surface area (Å²) < 4.78 is 11.8. The number of nitrogens with zero attached hydrogens (tertiary/aromatic N) is 1. The van der Waals surface area contributed by atoms with Crippen LogP contribution in [0.4, 0.5) is 0 Å². The molecule has 156 valence electrons. The van der Waals surface area contributed by atoms with E-state index in [1.54, 1.807) is 0 Å². The number of para-hydroxylation sites is 1. The first-order valence-electron chi connectivity index (χ1n) is 10.1. The second kappa shape index (κ2) is 8.48. The number of rotatable bonds is 6. The quantitative estimate of drug-likeness (QED) is 0.608. The fourth-order valence-electron chi connectivity index (χ4n) is 3.62. The molecule has 0 spiro atoms. The number of nitrogens with one attached hydrogen (secondary N) is 1. The Hall–Kier alpha value is -2.86. The molecule has 1 unspecified atom stereocenters. The normalized spacial score (nSPS) is 17.0. The van der Waals surface area contributed by atoms with Crippen LogP contribution in [-0.2, 0) is 17.8 Å². The first-order valence-corrected chi connectivity index (χ1v) is 11.0. The van der Waals surface area contributed by atoms with Gasteiger partial charge in [0.1, 0.15) is 28.7 Å². The molecule has 0 bridgehead atoms. The zero-order valence-electron chi connectivity index (χ0n) is 17.5. The molecule has 0 radical (unpaired) electrons. The minimum atomic E-state index is -0.326. The third kappa shape index (κ3) is 5.00. The first-order chi connectivity index (χ1) is 14.4. The van der Waals surface area contributed by atoms with E-state index in [4.69, 9.17) is 9.47 Å². The number of hydrogen-bond donors (Lipinski definition) is 1. The zero-order chi connectivity index (χ0) is 21.1. The summed E-state index contributed by atoms with van der Waals surface area (Å²) in [5, 5.41) is 5.95. The third-order valence-corrected chi connectivity index (χ3v) is 5.91. The predicted molar refractivity (Wildman–Crippen MR) is 118 cm³/mol. The lowest BCUT2D eigenvalue weighted by atomic mass is 9.89. The van der Waals surface area contributed by atoms with Crippen LogP contribution in [0.15, 0.2) is 53.9 Å². The molecule has 1 amide bonds. The van der Waals surface area contributed by atoms with Gasteiger partial charge >= 0.3 is 0 Å². The smallest absolute Gasteiger partial charge is 0.226 e. The molecule has 4 rings (SSSR count).